The second kappa shape index (κ2) is 5.39. The van der Waals surface area contributed by atoms with Gasteiger partial charge in [0.1, 0.15) is 0 Å². The van der Waals surface area contributed by atoms with E-state index >= 15 is 0 Å². The Hall–Kier alpha value is -0.0400. The second-order valence-corrected chi connectivity index (χ2v) is 8.99. The summed E-state index contributed by atoms with van der Waals surface area (Å²) in [6, 6.07) is 0. The molecule has 2 aliphatic rings. The quantitative estimate of drug-likeness (QED) is 0.710. The summed E-state index contributed by atoms with van der Waals surface area (Å²) in [5.41, 5.74) is 7.49. The molecule has 2 rings (SSSR count). The van der Waals surface area contributed by atoms with E-state index in [-0.39, 0.29) is 5.54 Å². The highest BCUT2D eigenvalue weighted by molar-refractivity contribution is 4.99. The van der Waals surface area contributed by atoms with Crippen molar-refractivity contribution in [2.24, 2.45) is 34.8 Å². The van der Waals surface area contributed by atoms with Crippen molar-refractivity contribution in [1.29, 1.82) is 0 Å². The summed E-state index contributed by atoms with van der Waals surface area (Å²) < 4.78 is 0. The van der Waals surface area contributed by atoms with Gasteiger partial charge in [-0.1, -0.05) is 34.6 Å². The zero-order valence-electron chi connectivity index (χ0n) is 13.8. The monoisotopic (exact) mass is 265 g/mol. The third kappa shape index (κ3) is 3.54. The molecule has 2 fully saturated rings. The number of hydrogen-bond donors (Lipinski definition) is 1. The molecule has 0 bridgehead atoms. The van der Waals surface area contributed by atoms with Gasteiger partial charge in [0.25, 0.3) is 0 Å². The molecule has 0 aromatic heterocycles. The average Bonchev–Trinajstić information content (AvgIpc) is 2.27. The predicted octanol–water partition coefficient (Wildman–Crippen LogP) is 4.99. The van der Waals surface area contributed by atoms with Gasteiger partial charge in [-0.2, -0.15) is 0 Å². The normalized spacial score (nSPS) is 45.2. The van der Waals surface area contributed by atoms with Crippen molar-refractivity contribution in [2.45, 2.75) is 85.1 Å². The number of nitrogens with two attached hydrogens (primary N) is 1. The Morgan fingerprint density at radius 2 is 1.37 bits per heavy atom. The lowest BCUT2D eigenvalue weighted by molar-refractivity contribution is 0.0630. The first-order valence-corrected chi connectivity index (χ1v) is 8.49. The molecular formula is C18H35N. The van der Waals surface area contributed by atoms with Gasteiger partial charge in [-0.15, -0.1) is 0 Å². The van der Waals surface area contributed by atoms with Crippen LogP contribution < -0.4 is 5.73 Å². The van der Waals surface area contributed by atoms with Crippen LogP contribution in [0.15, 0.2) is 0 Å². The van der Waals surface area contributed by atoms with Gasteiger partial charge in [0.2, 0.25) is 0 Å². The Morgan fingerprint density at radius 3 is 1.79 bits per heavy atom. The van der Waals surface area contributed by atoms with Crippen LogP contribution in [0.5, 0.6) is 0 Å². The fourth-order valence-electron chi connectivity index (χ4n) is 4.85. The minimum absolute atomic E-state index is 0.157. The van der Waals surface area contributed by atoms with Crippen molar-refractivity contribution >= 4 is 0 Å². The molecule has 2 aliphatic carbocycles. The van der Waals surface area contributed by atoms with Crippen LogP contribution in [0.3, 0.4) is 0 Å². The molecule has 2 saturated carbocycles. The molecule has 0 amide bonds. The van der Waals surface area contributed by atoms with Crippen LogP contribution in [-0.2, 0) is 0 Å². The summed E-state index contributed by atoms with van der Waals surface area (Å²) in [5, 5.41) is 0. The molecular weight excluding hydrogens is 230 g/mol. The highest BCUT2D eigenvalue weighted by Gasteiger charge is 2.43. The van der Waals surface area contributed by atoms with Crippen molar-refractivity contribution in [1.82, 2.24) is 0 Å². The fourth-order valence-corrected chi connectivity index (χ4v) is 4.85. The van der Waals surface area contributed by atoms with Crippen molar-refractivity contribution < 1.29 is 0 Å². The van der Waals surface area contributed by atoms with Gasteiger partial charge in [0, 0.05) is 5.54 Å². The summed E-state index contributed by atoms with van der Waals surface area (Å²) >= 11 is 0. The van der Waals surface area contributed by atoms with Gasteiger partial charge in [-0.3, -0.25) is 0 Å². The van der Waals surface area contributed by atoms with Gasteiger partial charge in [-0.25, -0.2) is 0 Å². The maximum Gasteiger partial charge on any atom is 0.0183 e. The molecule has 0 aliphatic heterocycles. The highest BCUT2D eigenvalue weighted by Crippen LogP contribution is 2.47. The van der Waals surface area contributed by atoms with E-state index in [0.717, 1.165) is 23.7 Å². The predicted molar refractivity (Wildman–Crippen MR) is 84.0 cm³/mol. The van der Waals surface area contributed by atoms with Crippen LogP contribution in [-0.4, -0.2) is 5.54 Å². The van der Waals surface area contributed by atoms with E-state index in [1.807, 2.05) is 0 Å². The van der Waals surface area contributed by atoms with Crippen LogP contribution >= 0.6 is 0 Å². The average molecular weight is 265 g/mol. The number of hydrogen-bond acceptors (Lipinski definition) is 1. The maximum atomic E-state index is 6.86. The molecule has 0 saturated heterocycles. The third-order valence-electron chi connectivity index (χ3n) is 6.13. The van der Waals surface area contributed by atoms with E-state index in [9.17, 15) is 0 Å². The van der Waals surface area contributed by atoms with Crippen LogP contribution in [0, 0.1) is 29.1 Å². The first kappa shape index (κ1) is 15.4. The van der Waals surface area contributed by atoms with Gasteiger partial charge in [0.05, 0.1) is 0 Å². The van der Waals surface area contributed by atoms with Crippen LogP contribution in [0.2, 0.25) is 0 Å². The first-order valence-electron chi connectivity index (χ1n) is 8.49. The van der Waals surface area contributed by atoms with E-state index in [4.69, 9.17) is 5.73 Å². The molecule has 2 unspecified atom stereocenters. The van der Waals surface area contributed by atoms with Gasteiger partial charge in [-0.05, 0) is 74.0 Å². The lowest BCUT2D eigenvalue weighted by Crippen LogP contribution is -2.52. The van der Waals surface area contributed by atoms with Crippen molar-refractivity contribution in [3.05, 3.63) is 0 Å². The Balaban J connectivity index is 1.97. The van der Waals surface area contributed by atoms with Crippen LogP contribution in [0.1, 0.15) is 79.6 Å². The van der Waals surface area contributed by atoms with Gasteiger partial charge >= 0.3 is 0 Å². The Labute approximate surface area is 120 Å². The Bertz CT molecular complexity index is 283. The summed E-state index contributed by atoms with van der Waals surface area (Å²) in [7, 11) is 0. The molecule has 0 spiro atoms. The molecule has 112 valence electrons. The molecule has 0 heterocycles. The van der Waals surface area contributed by atoms with Crippen molar-refractivity contribution in [2.75, 3.05) is 0 Å². The first-order chi connectivity index (χ1) is 8.71. The molecule has 0 radical (unpaired) electrons. The fraction of sp³-hybridized carbons (Fsp3) is 1.00. The summed E-state index contributed by atoms with van der Waals surface area (Å²) in [6.07, 6.45) is 9.38. The molecule has 1 heteroatoms. The second-order valence-electron chi connectivity index (χ2n) is 8.99. The van der Waals surface area contributed by atoms with E-state index in [1.54, 1.807) is 0 Å². The van der Waals surface area contributed by atoms with E-state index in [1.165, 1.54) is 44.9 Å². The topological polar surface area (TPSA) is 26.0 Å². The van der Waals surface area contributed by atoms with Gasteiger partial charge < -0.3 is 5.73 Å². The molecule has 1 nitrogen and oxygen atoms in total. The zero-order valence-corrected chi connectivity index (χ0v) is 13.8. The SMILES string of the molecule is CC1CC(C)CC(C2(N)CCC(C(C)(C)C)CC2)C1. The molecule has 0 aromatic carbocycles. The summed E-state index contributed by atoms with van der Waals surface area (Å²) in [6.45, 7) is 12.0. The van der Waals surface area contributed by atoms with Crippen molar-refractivity contribution in [3.8, 4) is 0 Å². The molecule has 2 atom stereocenters. The third-order valence-corrected chi connectivity index (χ3v) is 6.13. The van der Waals surface area contributed by atoms with E-state index < -0.39 is 0 Å². The minimum atomic E-state index is 0.157. The smallest absolute Gasteiger partial charge is 0.0183 e. The zero-order chi connectivity index (χ0) is 14.3. The van der Waals surface area contributed by atoms with Crippen LogP contribution in [0.4, 0.5) is 0 Å². The van der Waals surface area contributed by atoms with Crippen LogP contribution in [0.25, 0.3) is 0 Å². The Kier molecular flexibility index (Phi) is 4.35. The maximum absolute atomic E-state index is 6.86. The van der Waals surface area contributed by atoms with Gasteiger partial charge in [0.15, 0.2) is 0 Å². The van der Waals surface area contributed by atoms with E-state index in [2.05, 4.69) is 34.6 Å². The lowest BCUT2D eigenvalue weighted by atomic mass is 9.60. The summed E-state index contributed by atoms with van der Waals surface area (Å²) in [4.78, 5) is 0. The Morgan fingerprint density at radius 1 is 0.895 bits per heavy atom. The summed E-state index contributed by atoms with van der Waals surface area (Å²) in [5.74, 6) is 3.43. The standard InChI is InChI=1S/C18H35N/c1-13-10-14(2)12-16(11-13)18(19)8-6-15(7-9-18)17(3,4)5/h13-16H,6-12,19H2,1-5H3. The number of rotatable bonds is 1. The minimum Gasteiger partial charge on any atom is -0.325 e. The van der Waals surface area contributed by atoms with E-state index in [0.29, 0.717) is 5.41 Å². The largest absolute Gasteiger partial charge is 0.325 e. The molecule has 0 aromatic rings. The molecule has 19 heavy (non-hydrogen) atoms. The van der Waals surface area contributed by atoms with Crippen molar-refractivity contribution in [3.63, 3.8) is 0 Å². The highest BCUT2D eigenvalue weighted by atomic mass is 14.8. The lowest BCUT2D eigenvalue weighted by Gasteiger charge is -2.49. The molecule has 2 N–H and O–H groups in total.